The average molecular weight is 374 g/mol. The summed E-state index contributed by atoms with van der Waals surface area (Å²) in [7, 11) is 0. The van der Waals surface area contributed by atoms with Crippen LogP contribution in [0.3, 0.4) is 0 Å². The SMILES string of the molecule is CCN(CCc1c[nH]c2cc(OC(CC=O)CCC(=O)O)ccc12)C(C)C. The lowest BCUT2D eigenvalue weighted by Gasteiger charge is -2.24. The first-order valence-corrected chi connectivity index (χ1v) is 9.60. The Bertz CT molecular complexity index is 754. The molecule has 1 unspecified atom stereocenters. The van der Waals surface area contributed by atoms with E-state index < -0.39 is 12.1 Å². The fourth-order valence-corrected chi connectivity index (χ4v) is 3.30. The maximum atomic E-state index is 10.8. The minimum Gasteiger partial charge on any atom is -0.490 e. The third-order valence-electron chi connectivity index (χ3n) is 4.89. The van der Waals surface area contributed by atoms with Crippen LogP contribution in [0.5, 0.6) is 5.75 Å². The molecule has 27 heavy (non-hydrogen) atoms. The van der Waals surface area contributed by atoms with E-state index in [4.69, 9.17) is 9.84 Å². The summed E-state index contributed by atoms with van der Waals surface area (Å²) in [6.07, 6.45) is 3.83. The number of H-pyrrole nitrogens is 1. The number of rotatable bonds is 12. The highest BCUT2D eigenvalue weighted by Gasteiger charge is 2.14. The number of ether oxygens (including phenoxy) is 1. The zero-order chi connectivity index (χ0) is 19.8. The van der Waals surface area contributed by atoms with Crippen LogP contribution in [0.15, 0.2) is 24.4 Å². The van der Waals surface area contributed by atoms with Crippen molar-refractivity contribution >= 4 is 23.2 Å². The van der Waals surface area contributed by atoms with E-state index in [0.717, 1.165) is 31.3 Å². The molecule has 1 atom stereocenters. The molecule has 0 amide bonds. The first-order chi connectivity index (χ1) is 12.9. The van der Waals surface area contributed by atoms with Crippen LogP contribution in [0.4, 0.5) is 0 Å². The number of aliphatic carboxylic acids is 1. The Balaban J connectivity index is 2.06. The predicted octanol–water partition coefficient (Wildman–Crippen LogP) is 3.64. The Morgan fingerprint density at radius 3 is 2.78 bits per heavy atom. The third-order valence-corrected chi connectivity index (χ3v) is 4.89. The van der Waals surface area contributed by atoms with Crippen LogP contribution in [0.2, 0.25) is 0 Å². The number of benzene rings is 1. The number of likely N-dealkylation sites (N-methyl/N-ethyl adjacent to an activating group) is 1. The van der Waals surface area contributed by atoms with Crippen molar-refractivity contribution in [3.8, 4) is 5.75 Å². The second-order valence-corrected chi connectivity index (χ2v) is 7.07. The van der Waals surface area contributed by atoms with Gasteiger partial charge >= 0.3 is 5.97 Å². The molecule has 0 saturated heterocycles. The van der Waals surface area contributed by atoms with Gasteiger partial charge in [0.15, 0.2) is 0 Å². The topological polar surface area (TPSA) is 82.6 Å². The Kier molecular flexibility index (Phi) is 7.85. The maximum absolute atomic E-state index is 10.8. The molecule has 6 heteroatoms. The van der Waals surface area contributed by atoms with Gasteiger partial charge < -0.3 is 24.5 Å². The van der Waals surface area contributed by atoms with Gasteiger partial charge in [0.05, 0.1) is 0 Å². The van der Waals surface area contributed by atoms with Crippen LogP contribution in [0.1, 0.15) is 45.6 Å². The molecule has 1 heterocycles. The van der Waals surface area contributed by atoms with Gasteiger partial charge in [-0.15, -0.1) is 0 Å². The summed E-state index contributed by atoms with van der Waals surface area (Å²) in [5, 5.41) is 10.00. The van der Waals surface area contributed by atoms with Gasteiger partial charge in [-0.3, -0.25) is 4.79 Å². The molecule has 0 saturated carbocycles. The van der Waals surface area contributed by atoms with E-state index >= 15 is 0 Å². The Morgan fingerprint density at radius 2 is 2.15 bits per heavy atom. The number of aromatic amines is 1. The minimum absolute atomic E-state index is 0.0167. The molecule has 2 N–H and O–H groups in total. The van der Waals surface area contributed by atoms with E-state index in [9.17, 15) is 9.59 Å². The number of aldehydes is 1. The second-order valence-electron chi connectivity index (χ2n) is 7.07. The molecule has 0 fully saturated rings. The van der Waals surface area contributed by atoms with Gasteiger partial charge in [-0.25, -0.2) is 0 Å². The number of nitrogens with one attached hydrogen (secondary N) is 1. The number of carbonyl (C=O) groups excluding carboxylic acids is 1. The van der Waals surface area contributed by atoms with Crippen molar-refractivity contribution in [1.82, 2.24) is 9.88 Å². The molecule has 1 aromatic carbocycles. The number of nitrogens with zero attached hydrogens (tertiary/aromatic N) is 1. The molecule has 0 bridgehead atoms. The van der Waals surface area contributed by atoms with Crippen molar-refractivity contribution in [2.45, 2.75) is 58.6 Å². The fraction of sp³-hybridized carbons (Fsp3) is 0.524. The van der Waals surface area contributed by atoms with Crippen LogP contribution in [0, 0.1) is 0 Å². The summed E-state index contributed by atoms with van der Waals surface area (Å²) in [5.74, 6) is -0.244. The Hall–Kier alpha value is -2.34. The lowest BCUT2D eigenvalue weighted by Crippen LogP contribution is -2.32. The Labute approximate surface area is 160 Å². The number of carboxylic acids is 1. The van der Waals surface area contributed by atoms with E-state index in [0.29, 0.717) is 18.2 Å². The molecule has 6 nitrogen and oxygen atoms in total. The number of hydrogen-bond donors (Lipinski definition) is 2. The molecule has 0 spiro atoms. The van der Waals surface area contributed by atoms with Crippen molar-refractivity contribution in [1.29, 1.82) is 0 Å². The van der Waals surface area contributed by atoms with E-state index in [1.54, 1.807) is 0 Å². The summed E-state index contributed by atoms with van der Waals surface area (Å²) in [6.45, 7) is 8.65. The van der Waals surface area contributed by atoms with Gasteiger partial charge in [0.2, 0.25) is 0 Å². The molecule has 1 aromatic heterocycles. The summed E-state index contributed by atoms with van der Waals surface area (Å²) >= 11 is 0. The summed E-state index contributed by atoms with van der Waals surface area (Å²) < 4.78 is 5.85. The van der Waals surface area contributed by atoms with E-state index in [1.165, 1.54) is 10.9 Å². The van der Waals surface area contributed by atoms with Gasteiger partial charge in [-0.1, -0.05) is 6.92 Å². The lowest BCUT2D eigenvalue weighted by molar-refractivity contribution is -0.137. The standard InChI is InChI=1S/C21H30N2O4/c1-4-23(15(2)3)11-9-16-14-22-20-13-18(5-7-19(16)20)27-17(10-12-24)6-8-21(25)26/h5,7,12-15,17,22H,4,6,8-11H2,1-3H3,(H,25,26). The quantitative estimate of drug-likeness (QED) is 0.554. The summed E-state index contributed by atoms with van der Waals surface area (Å²) in [6, 6.07) is 6.35. The van der Waals surface area contributed by atoms with Crippen molar-refractivity contribution < 1.29 is 19.4 Å². The van der Waals surface area contributed by atoms with Gasteiger partial charge in [-0.05, 0) is 50.9 Å². The molecular formula is C21H30N2O4. The van der Waals surface area contributed by atoms with Crippen LogP contribution in [-0.4, -0.2) is 52.5 Å². The highest BCUT2D eigenvalue weighted by atomic mass is 16.5. The van der Waals surface area contributed by atoms with Gasteiger partial charge in [-0.2, -0.15) is 0 Å². The van der Waals surface area contributed by atoms with Gasteiger partial charge in [0.25, 0.3) is 0 Å². The molecule has 2 aromatic rings. The highest BCUT2D eigenvalue weighted by molar-refractivity contribution is 5.84. The maximum Gasteiger partial charge on any atom is 0.303 e. The zero-order valence-corrected chi connectivity index (χ0v) is 16.4. The molecule has 0 radical (unpaired) electrons. The second kappa shape index (κ2) is 10.1. The fourth-order valence-electron chi connectivity index (χ4n) is 3.30. The van der Waals surface area contributed by atoms with Crippen molar-refractivity contribution in [3.63, 3.8) is 0 Å². The van der Waals surface area contributed by atoms with E-state index in [2.05, 4.69) is 30.7 Å². The van der Waals surface area contributed by atoms with E-state index in [-0.39, 0.29) is 12.8 Å². The monoisotopic (exact) mass is 374 g/mol. The van der Waals surface area contributed by atoms with Crippen LogP contribution in [0.25, 0.3) is 10.9 Å². The lowest BCUT2D eigenvalue weighted by atomic mass is 10.1. The number of carboxylic acid groups (broad SMARTS) is 1. The number of fused-ring (bicyclic) bond motifs is 1. The first-order valence-electron chi connectivity index (χ1n) is 9.60. The highest BCUT2D eigenvalue weighted by Crippen LogP contribution is 2.25. The summed E-state index contributed by atoms with van der Waals surface area (Å²) in [4.78, 5) is 27.3. The predicted molar refractivity (Wildman–Crippen MR) is 106 cm³/mol. The molecular weight excluding hydrogens is 344 g/mol. The largest absolute Gasteiger partial charge is 0.490 e. The Morgan fingerprint density at radius 1 is 1.37 bits per heavy atom. The van der Waals surface area contributed by atoms with E-state index in [1.807, 2.05) is 24.4 Å². The van der Waals surface area contributed by atoms with Crippen molar-refractivity contribution in [3.05, 3.63) is 30.0 Å². The third kappa shape index (κ3) is 6.10. The first kappa shape index (κ1) is 21.0. The van der Waals surface area contributed by atoms with Gasteiger partial charge in [0.1, 0.15) is 18.1 Å². The zero-order valence-electron chi connectivity index (χ0n) is 16.4. The average Bonchev–Trinajstić information content (AvgIpc) is 3.02. The molecule has 2 rings (SSSR count). The number of carbonyl (C=O) groups is 2. The van der Waals surface area contributed by atoms with Crippen molar-refractivity contribution in [2.24, 2.45) is 0 Å². The number of aromatic nitrogens is 1. The molecule has 0 aliphatic carbocycles. The molecule has 0 aliphatic rings. The normalized spacial score (nSPS) is 12.6. The van der Waals surface area contributed by atoms with Crippen LogP contribution in [-0.2, 0) is 16.0 Å². The number of hydrogen-bond acceptors (Lipinski definition) is 4. The minimum atomic E-state index is -0.888. The molecule has 0 aliphatic heterocycles. The smallest absolute Gasteiger partial charge is 0.303 e. The van der Waals surface area contributed by atoms with Crippen molar-refractivity contribution in [2.75, 3.05) is 13.1 Å². The summed E-state index contributed by atoms with van der Waals surface area (Å²) in [5.41, 5.74) is 2.25. The van der Waals surface area contributed by atoms with Crippen LogP contribution >= 0.6 is 0 Å². The van der Waals surface area contributed by atoms with Crippen LogP contribution < -0.4 is 4.74 Å². The molecule has 148 valence electrons. The van der Waals surface area contributed by atoms with Gasteiger partial charge in [0, 0.05) is 48.6 Å².